The lowest BCUT2D eigenvalue weighted by Crippen LogP contribution is -2.30. The van der Waals surface area contributed by atoms with Crippen LogP contribution in [-0.2, 0) is 13.6 Å². The minimum absolute atomic E-state index is 0.395. The summed E-state index contributed by atoms with van der Waals surface area (Å²) < 4.78 is 1.83. The first-order valence-corrected chi connectivity index (χ1v) is 8.63. The van der Waals surface area contributed by atoms with E-state index in [1.54, 1.807) is 0 Å². The van der Waals surface area contributed by atoms with Crippen LogP contribution in [-0.4, -0.2) is 40.3 Å². The number of pyridine rings is 1. The SMILES string of the molecule is Cc1nn(C)c2ncc(CNCC(c3cccs3)N(C)C)cc12. The van der Waals surface area contributed by atoms with Gasteiger partial charge in [0, 0.05) is 36.6 Å². The van der Waals surface area contributed by atoms with Crippen LogP contribution >= 0.6 is 11.3 Å². The second-order valence-corrected chi connectivity index (χ2v) is 7.03. The first kappa shape index (κ1) is 16.1. The highest BCUT2D eigenvalue weighted by Gasteiger charge is 2.14. The summed E-state index contributed by atoms with van der Waals surface area (Å²) in [5, 5.41) is 11.3. The average Bonchev–Trinajstić information content (AvgIpc) is 3.13. The standard InChI is InChI=1S/C17H23N5S/c1-12-14-8-13(10-19-17(14)22(4)20-12)9-18-11-15(21(2)3)16-6-5-7-23-16/h5-8,10,15,18H,9,11H2,1-4H3. The van der Waals surface area contributed by atoms with E-state index in [1.807, 2.05) is 36.2 Å². The molecule has 0 aliphatic carbocycles. The summed E-state index contributed by atoms with van der Waals surface area (Å²) in [5.74, 6) is 0. The summed E-state index contributed by atoms with van der Waals surface area (Å²) >= 11 is 1.81. The Kier molecular flexibility index (Phi) is 4.75. The molecule has 6 heteroatoms. The molecule has 122 valence electrons. The molecule has 0 amide bonds. The zero-order chi connectivity index (χ0) is 16.4. The highest BCUT2D eigenvalue weighted by atomic mass is 32.1. The Balaban J connectivity index is 1.67. The van der Waals surface area contributed by atoms with Crippen LogP contribution < -0.4 is 5.32 Å². The Morgan fingerprint density at radius 3 is 2.91 bits per heavy atom. The smallest absolute Gasteiger partial charge is 0.157 e. The van der Waals surface area contributed by atoms with E-state index in [4.69, 9.17) is 0 Å². The van der Waals surface area contributed by atoms with Gasteiger partial charge in [-0.3, -0.25) is 4.68 Å². The molecule has 0 radical (unpaired) electrons. The van der Waals surface area contributed by atoms with Crippen LogP contribution in [0.3, 0.4) is 0 Å². The normalized spacial score (nSPS) is 13.1. The highest BCUT2D eigenvalue weighted by Crippen LogP contribution is 2.22. The summed E-state index contributed by atoms with van der Waals surface area (Å²) in [6.07, 6.45) is 1.94. The third-order valence-electron chi connectivity index (χ3n) is 4.08. The first-order chi connectivity index (χ1) is 11.1. The largest absolute Gasteiger partial charge is 0.311 e. The number of hydrogen-bond donors (Lipinski definition) is 1. The van der Waals surface area contributed by atoms with Crippen molar-refractivity contribution in [3.05, 3.63) is 45.9 Å². The third-order valence-corrected chi connectivity index (χ3v) is 5.05. The Bertz CT molecular complexity index is 776. The van der Waals surface area contributed by atoms with E-state index < -0.39 is 0 Å². The molecular weight excluding hydrogens is 306 g/mol. The predicted molar refractivity (Wildman–Crippen MR) is 95.7 cm³/mol. The van der Waals surface area contributed by atoms with Crippen molar-refractivity contribution in [3.8, 4) is 0 Å². The van der Waals surface area contributed by atoms with Crippen molar-refractivity contribution >= 4 is 22.4 Å². The van der Waals surface area contributed by atoms with Crippen LogP contribution in [0.25, 0.3) is 11.0 Å². The molecule has 1 N–H and O–H groups in total. The molecule has 0 aromatic carbocycles. The van der Waals surface area contributed by atoms with Gasteiger partial charge in [0.15, 0.2) is 5.65 Å². The zero-order valence-electron chi connectivity index (χ0n) is 14.1. The van der Waals surface area contributed by atoms with Gasteiger partial charge in [-0.05, 0) is 44.1 Å². The molecule has 0 spiro atoms. The molecule has 0 saturated heterocycles. The van der Waals surface area contributed by atoms with Crippen molar-refractivity contribution in [1.29, 1.82) is 0 Å². The summed E-state index contributed by atoms with van der Waals surface area (Å²) in [6.45, 7) is 3.75. The van der Waals surface area contributed by atoms with Crippen LogP contribution in [0.5, 0.6) is 0 Å². The van der Waals surface area contributed by atoms with Crippen LogP contribution in [0.2, 0.25) is 0 Å². The molecule has 3 aromatic heterocycles. The molecule has 3 rings (SSSR count). The fourth-order valence-corrected chi connectivity index (χ4v) is 3.74. The average molecular weight is 329 g/mol. The van der Waals surface area contributed by atoms with E-state index in [0.717, 1.165) is 29.8 Å². The minimum Gasteiger partial charge on any atom is -0.311 e. The zero-order valence-corrected chi connectivity index (χ0v) is 14.9. The van der Waals surface area contributed by atoms with E-state index >= 15 is 0 Å². The molecular formula is C17H23N5S. The van der Waals surface area contributed by atoms with E-state index in [1.165, 1.54) is 10.4 Å². The van der Waals surface area contributed by atoms with Crippen LogP contribution in [0.4, 0.5) is 0 Å². The molecule has 5 nitrogen and oxygen atoms in total. The molecule has 1 atom stereocenters. The minimum atomic E-state index is 0.395. The molecule has 0 bridgehead atoms. The number of thiophene rings is 1. The predicted octanol–water partition coefficient (Wildman–Crippen LogP) is 2.73. The molecule has 0 fully saturated rings. The monoisotopic (exact) mass is 329 g/mol. The van der Waals surface area contributed by atoms with Gasteiger partial charge in [0.2, 0.25) is 0 Å². The van der Waals surface area contributed by atoms with E-state index in [9.17, 15) is 0 Å². The van der Waals surface area contributed by atoms with E-state index in [-0.39, 0.29) is 0 Å². The lowest BCUT2D eigenvalue weighted by Gasteiger charge is -2.23. The number of nitrogens with zero attached hydrogens (tertiary/aromatic N) is 4. The van der Waals surface area contributed by atoms with Crippen molar-refractivity contribution < 1.29 is 0 Å². The summed E-state index contributed by atoms with van der Waals surface area (Å²) in [4.78, 5) is 8.18. The van der Waals surface area contributed by atoms with Gasteiger partial charge in [0.25, 0.3) is 0 Å². The van der Waals surface area contributed by atoms with Crippen LogP contribution in [0, 0.1) is 6.92 Å². The molecule has 1 unspecified atom stereocenters. The number of hydrogen-bond acceptors (Lipinski definition) is 5. The first-order valence-electron chi connectivity index (χ1n) is 7.75. The van der Waals surface area contributed by atoms with Gasteiger partial charge in [-0.25, -0.2) is 4.98 Å². The second kappa shape index (κ2) is 6.78. The lowest BCUT2D eigenvalue weighted by atomic mass is 10.2. The van der Waals surface area contributed by atoms with E-state index in [2.05, 4.69) is 58.0 Å². The molecule has 0 aliphatic heterocycles. The van der Waals surface area contributed by atoms with Crippen molar-refractivity contribution in [2.75, 3.05) is 20.6 Å². The van der Waals surface area contributed by atoms with Gasteiger partial charge in [-0.2, -0.15) is 5.10 Å². The van der Waals surface area contributed by atoms with Crippen molar-refractivity contribution in [1.82, 2.24) is 25.0 Å². The summed E-state index contributed by atoms with van der Waals surface area (Å²) in [7, 11) is 6.18. The maximum atomic E-state index is 4.54. The van der Waals surface area contributed by atoms with Gasteiger partial charge >= 0.3 is 0 Å². The molecule has 3 aromatic rings. The fraction of sp³-hybridized carbons (Fsp3) is 0.412. The Morgan fingerprint density at radius 1 is 1.39 bits per heavy atom. The second-order valence-electron chi connectivity index (χ2n) is 6.05. The highest BCUT2D eigenvalue weighted by molar-refractivity contribution is 7.10. The van der Waals surface area contributed by atoms with Gasteiger partial charge in [0.1, 0.15) is 0 Å². The number of aromatic nitrogens is 3. The maximum absolute atomic E-state index is 4.54. The van der Waals surface area contributed by atoms with Gasteiger partial charge in [-0.15, -0.1) is 11.3 Å². The van der Waals surface area contributed by atoms with Gasteiger partial charge in [-0.1, -0.05) is 6.07 Å². The maximum Gasteiger partial charge on any atom is 0.157 e. The van der Waals surface area contributed by atoms with Gasteiger partial charge < -0.3 is 10.2 Å². The fourth-order valence-electron chi connectivity index (χ4n) is 2.82. The van der Waals surface area contributed by atoms with Crippen molar-refractivity contribution in [3.63, 3.8) is 0 Å². The quantitative estimate of drug-likeness (QED) is 0.755. The molecule has 0 aliphatic rings. The number of rotatable bonds is 6. The molecule has 0 saturated carbocycles. The Labute approximate surface area is 141 Å². The molecule has 23 heavy (non-hydrogen) atoms. The third kappa shape index (κ3) is 3.44. The van der Waals surface area contributed by atoms with Crippen LogP contribution in [0.1, 0.15) is 22.2 Å². The van der Waals surface area contributed by atoms with Gasteiger partial charge in [0.05, 0.1) is 11.7 Å². The lowest BCUT2D eigenvalue weighted by molar-refractivity contribution is 0.292. The number of nitrogens with one attached hydrogen (secondary N) is 1. The summed E-state index contributed by atoms with van der Waals surface area (Å²) in [6, 6.07) is 6.89. The number of likely N-dealkylation sites (N-methyl/N-ethyl adjacent to an activating group) is 1. The van der Waals surface area contributed by atoms with E-state index in [0.29, 0.717) is 6.04 Å². The Morgan fingerprint density at radius 2 is 2.22 bits per heavy atom. The van der Waals surface area contributed by atoms with Crippen molar-refractivity contribution in [2.24, 2.45) is 7.05 Å². The number of aryl methyl sites for hydroxylation is 2. The topological polar surface area (TPSA) is 46.0 Å². The summed E-state index contributed by atoms with van der Waals surface area (Å²) in [5.41, 5.74) is 3.16. The van der Waals surface area contributed by atoms with Crippen molar-refractivity contribution in [2.45, 2.75) is 19.5 Å². The van der Waals surface area contributed by atoms with Crippen LogP contribution in [0.15, 0.2) is 29.8 Å². The molecule has 3 heterocycles. The Hall–Kier alpha value is -1.76. The number of fused-ring (bicyclic) bond motifs is 1.